The van der Waals surface area contributed by atoms with Crippen LogP contribution in [0.3, 0.4) is 0 Å². The number of hydrogen-bond donors (Lipinski definition) is 1. The first kappa shape index (κ1) is 14.8. The van der Waals surface area contributed by atoms with Crippen LogP contribution in [0.15, 0.2) is 42.6 Å². The van der Waals surface area contributed by atoms with E-state index in [-0.39, 0.29) is 6.10 Å². The maximum atomic E-state index is 5.79. The van der Waals surface area contributed by atoms with Crippen LogP contribution in [0.4, 0.5) is 0 Å². The van der Waals surface area contributed by atoms with Gasteiger partial charge in [0.2, 0.25) is 0 Å². The average Bonchev–Trinajstić information content (AvgIpc) is 2.57. The molecule has 0 aliphatic carbocycles. The van der Waals surface area contributed by atoms with Gasteiger partial charge < -0.3 is 14.8 Å². The molecule has 0 spiro atoms. The van der Waals surface area contributed by atoms with Gasteiger partial charge in [-0.05, 0) is 22.8 Å². The first-order valence-electron chi connectivity index (χ1n) is 8.32. The highest BCUT2D eigenvalue weighted by Gasteiger charge is 2.20. The van der Waals surface area contributed by atoms with Crippen molar-refractivity contribution in [2.24, 2.45) is 0 Å². The lowest BCUT2D eigenvalue weighted by Gasteiger charge is -2.26. The Balaban J connectivity index is 1.40. The maximum Gasteiger partial charge on any atom is 0.0949 e. The average molecular weight is 310 g/mol. The number of hydrogen-bond acceptors (Lipinski definition) is 4. The van der Waals surface area contributed by atoms with Crippen LogP contribution < -0.4 is 5.32 Å². The Morgan fingerprint density at radius 3 is 2.48 bits per heavy atom. The Morgan fingerprint density at radius 1 is 1.04 bits per heavy atom. The monoisotopic (exact) mass is 310 g/mol. The van der Waals surface area contributed by atoms with Crippen LogP contribution >= 0.6 is 0 Å². The zero-order chi connectivity index (χ0) is 15.5. The molecule has 4 heteroatoms. The van der Waals surface area contributed by atoms with E-state index < -0.39 is 0 Å². The lowest BCUT2D eigenvalue weighted by atomic mass is 9.98. The van der Waals surface area contributed by atoms with Crippen molar-refractivity contribution in [2.45, 2.75) is 18.4 Å². The third-order valence-corrected chi connectivity index (χ3v) is 4.62. The highest BCUT2D eigenvalue weighted by atomic mass is 16.5. The molecule has 1 aromatic heterocycles. The summed E-state index contributed by atoms with van der Waals surface area (Å²) in [7, 11) is 0. The van der Waals surface area contributed by atoms with Gasteiger partial charge in [-0.15, -0.1) is 0 Å². The maximum absolute atomic E-state index is 5.79. The fraction of sp³-hybridized carbons (Fsp3) is 0.421. The summed E-state index contributed by atoms with van der Waals surface area (Å²) in [6.07, 6.45) is 3.05. The molecule has 23 heavy (non-hydrogen) atoms. The molecule has 2 saturated heterocycles. The molecule has 0 unspecified atom stereocenters. The number of morpholine rings is 1. The summed E-state index contributed by atoms with van der Waals surface area (Å²) in [6.45, 7) is 4.30. The number of aromatic nitrogens is 1. The van der Waals surface area contributed by atoms with Gasteiger partial charge in [0.05, 0.1) is 25.9 Å². The van der Waals surface area contributed by atoms with Crippen LogP contribution in [0, 0.1) is 0 Å². The topological polar surface area (TPSA) is 43.4 Å². The zero-order valence-corrected chi connectivity index (χ0v) is 13.2. The Labute approximate surface area is 136 Å². The third kappa shape index (κ3) is 3.44. The van der Waals surface area contributed by atoms with Gasteiger partial charge in [0, 0.05) is 37.3 Å². The van der Waals surface area contributed by atoms with Gasteiger partial charge in [0.15, 0.2) is 0 Å². The molecule has 2 aromatic rings. The van der Waals surface area contributed by atoms with Crippen molar-refractivity contribution in [2.75, 3.05) is 32.9 Å². The summed E-state index contributed by atoms with van der Waals surface area (Å²) >= 11 is 0. The standard InChI is InChI=1S/C19H22N2O2/c1-3-15(19-11-20-7-8-23-19)4-2-14(1)9-18-6-5-16(10-21-18)17-12-22-13-17/h1-6,10,17,19-20H,7-9,11-13H2/t19-/m1/s1. The van der Waals surface area contributed by atoms with Crippen LogP contribution in [0.1, 0.15) is 34.4 Å². The lowest BCUT2D eigenvalue weighted by Crippen LogP contribution is -2.33. The number of ether oxygens (including phenoxy) is 2. The van der Waals surface area contributed by atoms with Gasteiger partial charge in [-0.1, -0.05) is 30.3 Å². The van der Waals surface area contributed by atoms with E-state index in [1.54, 1.807) is 0 Å². The molecule has 0 amide bonds. The smallest absolute Gasteiger partial charge is 0.0949 e. The van der Waals surface area contributed by atoms with E-state index >= 15 is 0 Å². The molecule has 1 aromatic carbocycles. The van der Waals surface area contributed by atoms with E-state index in [2.05, 4.69) is 46.7 Å². The van der Waals surface area contributed by atoms with E-state index in [0.717, 1.165) is 45.0 Å². The predicted molar refractivity (Wildman–Crippen MR) is 88.6 cm³/mol. The van der Waals surface area contributed by atoms with E-state index in [9.17, 15) is 0 Å². The van der Waals surface area contributed by atoms with Crippen LogP contribution in [-0.2, 0) is 15.9 Å². The molecule has 0 radical (unpaired) electrons. The molecule has 0 bridgehead atoms. The largest absolute Gasteiger partial charge is 0.380 e. The molecule has 1 atom stereocenters. The fourth-order valence-corrected chi connectivity index (χ4v) is 3.05. The Bertz CT molecular complexity index is 629. The second-order valence-electron chi connectivity index (χ2n) is 6.30. The van der Waals surface area contributed by atoms with Gasteiger partial charge in [-0.2, -0.15) is 0 Å². The minimum absolute atomic E-state index is 0.180. The first-order valence-corrected chi connectivity index (χ1v) is 8.32. The highest BCUT2D eigenvalue weighted by Crippen LogP contribution is 2.24. The Kier molecular flexibility index (Phi) is 4.37. The van der Waals surface area contributed by atoms with E-state index in [1.165, 1.54) is 16.7 Å². The zero-order valence-electron chi connectivity index (χ0n) is 13.2. The molecule has 2 aliphatic rings. The Morgan fingerprint density at radius 2 is 1.87 bits per heavy atom. The molecule has 0 saturated carbocycles. The summed E-state index contributed by atoms with van der Waals surface area (Å²) in [5, 5.41) is 3.37. The van der Waals surface area contributed by atoms with E-state index in [4.69, 9.17) is 9.47 Å². The number of benzene rings is 1. The van der Waals surface area contributed by atoms with Crippen LogP contribution in [-0.4, -0.2) is 37.9 Å². The van der Waals surface area contributed by atoms with Crippen LogP contribution in [0.5, 0.6) is 0 Å². The molecule has 4 rings (SSSR count). The minimum atomic E-state index is 0.180. The number of pyridine rings is 1. The molecular formula is C19H22N2O2. The first-order chi connectivity index (χ1) is 11.4. The van der Waals surface area contributed by atoms with E-state index in [0.29, 0.717) is 5.92 Å². The van der Waals surface area contributed by atoms with Gasteiger partial charge in [-0.25, -0.2) is 0 Å². The summed E-state index contributed by atoms with van der Waals surface area (Å²) in [6, 6.07) is 13.0. The second kappa shape index (κ2) is 6.79. The van der Waals surface area contributed by atoms with Gasteiger partial charge >= 0.3 is 0 Å². The predicted octanol–water partition coefficient (Wildman–Crippen LogP) is 2.45. The summed E-state index contributed by atoms with van der Waals surface area (Å²) in [4.78, 5) is 4.60. The third-order valence-electron chi connectivity index (χ3n) is 4.62. The molecule has 4 nitrogen and oxygen atoms in total. The molecule has 3 heterocycles. The Hall–Kier alpha value is -1.75. The van der Waals surface area contributed by atoms with Crippen LogP contribution in [0.25, 0.3) is 0 Å². The number of nitrogens with zero attached hydrogens (tertiary/aromatic N) is 1. The van der Waals surface area contributed by atoms with Gasteiger partial charge in [-0.3, -0.25) is 4.98 Å². The SMILES string of the molecule is c1cc([C@H]2CNCCO2)ccc1Cc1ccc(C2COC2)cn1. The summed E-state index contributed by atoms with van der Waals surface area (Å²) < 4.78 is 11.0. The second-order valence-corrected chi connectivity index (χ2v) is 6.30. The summed E-state index contributed by atoms with van der Waals surface area (Å²) in [5.41, 5.74) is 4.92. The molecule has 2 fully saturated rings. The van der Waals surface area contributed by atoms with Crippen molar-refractivity contribution in [3.63, 3.8) is 0 Å². The number of nitrogens with one attached hydrogen (secondary N) is 1. The van der Waals surface area contributed by atoms with Crippen molar-refractivity contribution in [3.05, 3.63) is 65.0 Å². The van der Waals surface area contributed by atoms with Crippen molar-refractivity contribution < 1.29 is 9.47 Å². The van der Waals surface area contributed by atoms with Gasteiger partial charge in [0.25, 0.3) is 0 Å². The van der Waals surface area contributed by atoms with Crippen molar-refractivity contribution in [1.82, 2.24) is 10.3 Å². The quantitative estimate of drug-likeness (QED) is 0.942. The lowest BCUT2D eigenvalue weighted by molar-refractivity contribution is 0.00828. The molecule has 1 N–H and O–H groups in total. The normalized spacial score (nSPS) is 21.8. The van der Waals surface area contributed by atoms with Gasteiger partial charge in [0.1, 0.15) is 0 Å². The van der Waals surface area contributed by atoms with Crippen LogP contribution in [0.2, 0.25) is 0 Å². The molecule has 120 valence electrons. The highest BCUT2D eigenvalue weighted by molar-refractivity contribution is 5.29. The minimum Gasteiger partial charge on any atom is -0.380 e. The summed E-state index contributed by atoms with van der Waals surface area (Å²) in [5.74, 6) is 0.542. The van der Waals surface area contributed by atoms with E-state index in [1.807, 2.05) is 6.20 Å². The number of rotatable bonds is 4. The van der Waals surface area contributed by atoms with Crippen molar-refractivity contribution >= 4 is 0 Å². The fourth-order valence-electron chi connectivity index (χ4n) is 3.05. The van der Waals surface area contributed by atoms with Crippen molar-refractivity contribution in [1.29, 1.82) is 0 Å². The molecular weight excluding hydrogens is 288 g/mol. The van der Waals surface area contributed by atoms with Crippen molar-refractivity contribution in [3.8, 4) is 0 Å². The molecule has 2 aliphatic heterocycles.